The maximum absolute atomic E-state index is 6.54. The third kappa shape index (κ3) is 5.04. The molecule has 0 saturated carbocycles. The molecule has 1 unspecified atom stereocenters. The van der Waals surface area contributed by atoms with Gasteiger partial charge in [0.25, 0.3) is 0 Å². The highest BCUT2D eigenvalue weighted by atomic mass is 35.5. The van der Waals surface area contributed by atoms with Crippen molar-refractivity contribution in [3.63, 3.8) is 0 Å². The Morgan fingerprint density at radius 3 is 2.27 bits per heavy atom. The quantitative estimate of drug-likeness (QED) is 0.323. The molecule has 5 atom stereocenters. The minimum atomic E-state index is -0.0572. The zero-order valence-corrected chi connectivity index (χ0v) is 20.2. The second-order valence-corrected chi connectivity index (χ2v) is 10.2. The number of nitrogens with zero attached hydrogens (tertiary/aromatic N) is 1. The molecule has 0 N–H and O–H groups in total. The van der Waals surface area contributed by atoms with Crippen LogP contribution in [-0.2, 0) is 4.74 Å². The molecule has 2 aliphatic heterocycles. The lowest BCUT2D eigenvalue weighted by atomic mass is 9.74. The van der Waals surface area contributed by atoms with Crippen LogP contribution in [0.15, 0.2) is 84.9 Å². The lowest BCUT2D eigenvalue weighted by Crippen LogP contribution is -2.45. The molecule has 0 spiro atoms. The van der Waals surface area contributed by atoms with Gasteiger partial charge in [-0.05, 0) is 79.8 Å². The van der Waals surface area contributed by atoms with Gasteiger partial charge >= 0.3 is 0 Å². The number of ether oxygens (including phenoxy) is 1. The largest absolute Gasteiger partial charge is 0.369 e. The van der Waals surface area contributed by atoms with E-state index in [1.807, 2.05) is 12.1 Å². The van der Waals surface area contributed by atoms with Gasteiger partial charge in [-0.15, -0.1) is 0 Å². The maximum atomic E-state index is 6.54. The molecule has 2 saturated heterocycles. The number of halogens is 1. The van der Waals surface area contributed by atoms with E-state index in [9.17, 15) is 0 Å². The Balaban J connectivity index is 1.27. The molecule has 5 rings (SSSR count). The van der Waals surface area contributed by atoms with Crippen LogP contribution in [0.3, 0.4) is 0 Å². The van der Waals surface area contributed by atoms with Gasteiger partial charge in [0.05, 0.1) is 0 Å². The topological polar surface area (TPSA) is 12.5 Å². The Morgan fingerprint density at radius 1 is 0.879 bits per heavy atom. The highest BCUT2D eigenvalue weighted by Gasteiger charge is 2.45. The molecule has 3 aromatic rings. The van der Waals surface area contributed by atoms with Crippen LogP contribution in [0.25, 0.3) is 0 Å². The summed E-state index contributed by atoms with van der Waals surface area (Å²) in [5.74, 6) is 1.37. The van der Waals surface area contributed by atoms with Crippen molar-refractivity contribution in [1.82, 2.24) is 4.90 Å². The fourth-order valence-corrected chi connectivity index (χ4v) is 6.35. The highest BCUT2D eigenvalue weighted by Crippen LogP contribution is 2.47. The van der Waals surface area contributed by atoms with Crippen molar-refractivity contribution < 1.29 is 4.74 Å². The van der Waals surface area contributed by atoms with Gasteiger partial charge in [0, 0.05) is 23.7 Å². The standard InChI is InChI=1S/C30H34ClNO/c1-32-26-18-19-29(32)27(28(21-26)22-9-4-2-5-10-22)13-8-20-33-30(23-11-6-3-7-12-23)24-14-16-25(31)17-15-24/h2-7,9-12,14-17,26-30H,8,13,18-21H2,1H3/t26-,27-,28+,29+,30?/m0/s1. The van der Waals surface area contributed by atoms with E-state index in [1.54, 1.807) is 0 Å². The summed E-state index contributed by atoms with van der Waals surface area (Å²) in [5.41, 5.74) is 3.87. The van der Waals surface area contributed by atoms with Crippen LogP contribution in [-0.4, -0.2) is 30.6 Å². The minimum absolute atomic E-state index is 0.0572. The van der Waals surface area contributed by atoms with Crippen molar-refractivity contribution >= 4 is 11.6 Å². The van der Waals surface area contributed by atoms with Crippen molar-refractivity contribution in [2.45, 2.75) is 56.2 Å². The highest BCUT2D eigenvalue weighted by molar-refractivity contribution is 6.30. The first-order valence-corrected chi connectivity index (χ1v) is 12.8. The SMILES string of the molecule is CN1[C@H]2CC[C@@H]1[C@@H](CCCOC(c1ccccc1)c1ccc(Cl)cc1)[C@@H](c1ccccc1)C2. The molecule has 3 heteroatoms. The van der Waals surface area contributed by atoms with Gasteiger partial charge in [-0.2, -0.15) is 0 Å². The molecule has 2 nitrogen and oxygen atoms in total. The monoisotopic (exact) mass is 459 g/mol. The van der Waals surface area contributed by atoms with Crippen LogP contribution in [0.1, 0.15) is 60.8 Å². The summed E-state index contributed by atoms with van der Waals surface area (Å²) in [5, 5.41) is 0.758. The number of piperidine rings is 1. The van der Waals surface area contributed by atoms with Crippen LogP contribution < -0.4 is 0 Å². The molecule has 0 radical (unpaired) electrons. The van der Waals surface area contributed by atoms with Gasteiger partial charge in [0.1, 0.15) is 6.10 Å². The average Bonchev–Trinajstić information content (AvgIpc) is 3.10. The zero-order valence-electron chi connectivity index (χ0n) is 19.4. The summed E-state index contributed by atoms with van der Waals surface area (Å²) in [6, 6.07) is 31.3. The number of hydrogen-bond donors (Lipinski definition) is 0. The molecule has 0 aliphatic carbocycles. The fraction of sp³-hybridized carbons (Fsp3) is 0.400. The number of rotatable bonds is 8. The average molecular weight is 460 g/mol. The van der Waals surface area contributed by atoms with Crippen LogP contribution >= 0.6 is 11.6 Å². The molecule has 2 heterocycles. The number of hydrogen-bond acceptors (Lipinski definition) is 2. The summed E-state index contributed by atoms with van der Waals surface area (Å²) in [7, 11) is 2.35. The van der Waals surface area contributed by atoms with Gasteiger partial charge in [0.15, 0.2) is 0 Å². The van der Waals surface area contributed by atoms with E-state index in [1.165, 1.54) is 36.8 Å². The second kappa shape index (κ2) is 10.4. The molecular formula is C30H34ClNO. The smallest absolute Gasteiger partial charge is 0.108 e. The van der Waals surface area contributed by atoms with E-state index < -0.39 is 0 Å². The molecule has 2 bridgehead atoms. The van der Waals surface area contributed by atoms with Gasteiger partial charge < -0.3 is 9.64 Å². The van der Waals surface area contributed by atoms with Crippen LogP contribution in [0.5, 0.6) is 0 Å². The fourth-order valence-electron chi connectivity index (χ4n) is 6.23. The van der Waals surface area contributed by atoms with E-state index in [2.05, 4.69) is 84.7 Å². The van der Waals surface area contributed by atoms with Gasteiger partial charge in [-0.25, -0.2) is 0 Å². The maximum Gasteiger partial charge on any atom is 0.108 e. The summed E-state index contributed by atoms with van der Waals surface area (Å²) >= 11 is 6.14. The summed E-state index contributed by atoms with van der Waals surface area (Å²) < 4.78 is 6.54. The molecule has 172 valence electrons. The third-order valence-electron chi connectivity index (χ3n) is 7.90. The van der Waals surface area contributed by atoms with E-state index >= 15 is 0 Å². The lowest BCUT2D eigenvalue weighted by Gasteiger charge is -2.43. The van der Waals surface area contributed by atoms with Gasteiger partial charge in [-0.1, -0.05) is 84.4 Å². The second-order valence-electron chi connectivity index (χ2n) is 9.74. The minimum Gasteiger partial charge on any atom is -0.369 e. The summed E-state index contributed by atoms with van der Waals surface area (Å²) in [6.45, 7) is 0.764. The molecule has 0 aromatic heterocycles. The molecule has 0 amide bonds. The Morgan fingerprint density at radius 2 is 1.55 bits per heavy atom. The van der Waals surface area contributed by atoms with Gasteiger partial charge in [-0.3, -0.25) is 0 Å². The summed E-state index contributed by atoms with van der Waals surface area (Å²) in [6.07, 6.45) is 6.22. The van der Waals surface area contributed by atoms with E-state index in [0.29, 0.717) is 17.9 Å². The van der Waals surface area contributed by atoms with Crippen molar-refractivity contribution in [2.24, 2.45) is 5.92 Å². The molecular weight excluding hydrogens is 426 g/mol. The normalized spacial score (nSPS) is 25.8. The van der Waals surface area contributed by atoms with Crippen molar-refractivity contribution in [3.05, 3.63) is 107 Å². The molecule has 33 heavy (non-hydrogen) atoms. The van der Waals surface area contributed by atoms with Gasteiger partial charge in [0.2, 0.25) is 0 Å². The predicted octanol–water partition coefficient (Wildman–Crippen LogP) is 7.49. The molecule has 3 aromatic carbocycles. The Hall–Kier alpha value is -2.13. The van der Waals surface area contributed by atoms with Crippen molar-refractivity contribution in [2.75, 3.05) is 13.7 Å². The van der Waals surface area contributed by atoms with Crippen LogP contribution in [0.4, 0.5) is 0 Å². The van der Waals surface area contributed by atoms with E-state index in [4.69, 9.17) is 16.3 Å². The van der Waals surface area contributed by atoms with Crippen molar-refractivity contribution in [1.29, 1.82) is 0 Å². The first-order valence-electron chi connectivity index (χ1n) is 12.4. The first-order chi connectivity index (χ1) is 16.2. The molecule has 2 aliphatic rings. The van der Waals surface area contributed by atoms with Crippen molar-refractivity contribution in [3.8, 4) is 0 Å². The number of fused-ring (bicyclic) bond motifs is 2. The Labute approximate surface area is 203 Å². The third-order valence-corrected chi connectivity index (χ3v) is 8.15. The zero-order chi connectivity index (χ0) is 22.6. The lowest BCUT2D eigenvalue weighted by molar-refractivity contribution is 0.0576. The Bertz CT molecular complexity index is 1010. The van der Waals surface area contributed by atoms with E-state index in [0.717, 1.165) is 29.7 Å². The number of benzene rings is 3. The van der Waals surface area contributed by atoms with Crippen LogP contribution in [0.2, 0.25) is 5.02 Å². The van der Waals surface area contributed by atoms with Crippen LogP contribution in [0, 0.1) is 5.92 Å². The van der Waals surface area contributed by atoms with E-state index in [-0.39, 0.29) is 6.10 Å². The first kappa shape index (κ1) is 22.7. The Kier molecular flexibility index (Phi) is 7.16. The summed E-state index contributed by atoms with van der Waals surface area (Å²) in [4.78, 5) is 2.67. The predicted molar refractivity (Wildman–Crippen MR) is 137 cm³/mol. The molecule has 2 fully saturated rings.